The van der Waals surface area contributed by atoms with Gasteiger partial charge in [0.05, 0.1) is 12.2 Å². The summed E-state index contributed by atoms with van der Waals surface area (Å²) >= 11 is 0. The fourth-order valence-corrected chi connectivity index (χ4v) is 2.52. The van der Waals surface area contributed by atoms with E-state index in [1.807, 2.05) is 36.4 Å². The number of rotatable bonds is 3. The summed E-state index contributed by atoms with van der Waals surface area (Å²) in [6.45, 7) is 1.29. The Morgan fingerprint density at radius 3 is 2.95 bits per heavy atom. The van der Waals surface area contributed by atoms with Crippen LogP contribution >= 0.6 is 0 Å². The van der Waals surface area contributed by atoms with E-state index in [-0.39, 0.29) is 11.9 Å². The van der Waals surface area contributed by atoms with Gasteiger partial charge in [-0.15, -0.1) is 0 Å². The Labute approximate surface area is 118 Å². The number of pyridine rings is 1. The third-order valence-corrected chi connectivity index (χ3v) is 3.54. The highest BCUT2D eigenvalue weighted by molar-refractivity contribution is 5.83. The molecule has 2 heterocycles. The molecule has 4 heteroatoms. The minimum absolute atomic E-state index is 0.00260. The van der Waals surface area contributed by atoms with E-state index in [0.29, 0.717) is 6.54 Å². The fourth-order valence-electron chi connectivity index (χ4n) is 2.52. The number of nitrogens with zero attached hydrogens (tertiary/aromatic N) is 1. The maximum absolute atomic E-state index is 12.3. The number of aromatic nitrogens is 1. The zero-order chi connectivity index (χ0) is 13.8. The maximum atomic E-state index is 12.3. The highest BCUT2D eigenvalue weighted by atomic mass is 16.2. The van der Waals surface area contributed by atoms with Crippen molar-refractivity contribution >= 4 is 5.91 Å². The summed E-state index contributed by atoms with van der Waals surface area (Å²) in [5.41, 5.74) is 3.20. The molecule has 0 spiro atoms. The van der Waals surface area contributed by atoms with Crippen molar-refractivity contribution < 1.29 is 4.79 Å². The van der Waals surface area contributed by atoms with Gasteiger partial charge in [0.1, 0.15) is 6.04 Å². The Morgan fingerprint density at radius 1 is 1.25 bits per heavy atom. The Morgan fingerprint density at radius 2 is 2.10 bits per heavy atom. The van der Waals surface area contributed by atoms with Crippen LogP contribution < -0.4 is 10.6 Å². The monoisotopic (exact) mass is 267 g/mol. The van der Waals surface area contributed by atoms with Gasteiger partial charge >= 0.3 is 0 Å². The van der Waals surface area contributed by atoms with Crippen molar-refractivity contribution in [3.05, 3.63) is 65.5 Å². The highest BCUT2D eigenvalue weighted by Gasteiger charge is 2.25. The number of carbonyl (C=O) groups excluding carboxylic acids is 1. The van der Waals surface area contributed by atoms with Gasteiger partial charge < -0.3 is 10.6 Å². The lowest BCUT2D eigenvalue weighted by atomic mass is 9.94. The first-order chi connectivity index (χ1) is 9.84. The molecule has 0 fully saturated rings. The van der Waals surface area contributed by atoms with Gasteiger partial charge in [0, 0.05) is 12.7 Å². The topological polar surface area (TPSA) is 54.0 Å². The predicted octanol–water partition coefficient (Wildman–Crippen LogP) is 1.58. The van der Waals surface area contributed by atoms with Crippen LogP contribution in [0.4, 0.5) is 0 Å². The molecule has 1 aromatic heterocycles. The molecule has 0 radical (unpaired) electrons. The number of carbonyl (C=O) groups is 1. The Kier molecular flexibility index (Phi) is 3.74. The van der Waals surface area contributed by atoms with E-state index in [9.17, 15) is 4.79 Å². The number of hydrogen-bond donors (Lipinski definition) is 2. The molecule has 1 aliphatic rings. The summed E-state index contributed by atoms with van der Waals surface area (Å²) in [6.07, 6.45) is 2.70. The number of nitrogens with one attached hydrogen (secondary N) is 2. The lowest BCUT2D eigenvalue weighted by molar-refractivity contribution is -0.123. The van der Waals surface area contributed by atoms with E-state index >= 15 is 0 Å². The molecule has 1 atom stereocenters. The Balaban J connectivity index is 1.69. The summed E-state index contributed by atoms with van der Waals surface area (Å²) in [5, 5.41) is 6.22. The average molecular weight is 267 g/mol. The molecule has 0 saturated heterocycles. The van der Waals surface area contributed by atoms with Crippen molar-refractivity contribution in [1.29, 1.82) is 0 Å². The first-order valence-electron chi connectivity index (χ1n) is 6.83. The van der Waals surface area contributed by atoms with E-state index in [2.05, 4.69) is 21.7 Å². The van der Waals surface area contributed by atoms with E-state index in [0.717, 1.165) is 24.2 Å². The van der Waals surface area contributed by atoms with Crippen LogP contribution in [0.3, 0.4) is 0 Å². The summed E-state index contributed by atoms with van der Waals surface area (Å²) in [6, 6.07) is 13.5. The van der Waals surface area contributed by atoms with E-state index in [4.69, 9.17) is 0 Å². The second-order valence-electron chi connectivity index (χ2n) is 4.87. The molecular weight excluding hydrogens is 250 g/mol. The maximum Gasteiger partial charge on any atom is 0.242 e. The minimum atomic E-state index is -0.260. The van der Waals surface area contributed by atoms with Crippen molar-refractivity contribution in [3.63, 3.8) is 0 Å². The quantitative estimate of drug-likeness (QED) is 0.888. The largest absolute Gasteiger partial charge is 0.349 e. The number of hydrogen-bond acceptors (Lipinski definition) is 3. The van der Waals surface area contributed by atoms with Crippen LogP contribution in [0.1, 0.15) is 22.9 Å². The molecule has 4 nitrogen and oxygen atoms in total. The average Bonchev–Trinajstić information content (AvgIpc) is 2.53. The first-order valence-corrected chi connectivity index (χ1v) is 6.83. The second-order valence-corrected chi connectivity index (χ2v) is 4.87. The first kappa shape index (κ1) is 12.8. The van der Waals surface area contributed by atoms with Gasteiger partial charge in [0.15, 0.2) is 0 Å². The van der Waals surface area contributed by atoms with Gasteiger partial charge in [-0.2, -0.15) is 0 Å². The summed E-state index contributed by atoms with van der Waals surface area (Å²) in [7, 11) is 0. The van der Waals surface area contributed by atoms with Crippen molar-refractivity contribution in [2.45, 2.75) is 19.0 Å². The van der Waals surface area contributed by atoms with Crippen LogP contribution in [0.25, 0.3) is 0 Å². The van der Waals surface area contributed by atoms with Crippen LogP contribution in [0.2, 0.25) is 0 Å². The van der Waals surface area contributed by atoms with E-state index in [1.54, 1.807) is 6.20 Å². The van der Waals surface area contributed by atoms with Crippen molar-refractivity contribution in [1.82, 2.24) is 15.6 Å². The van der Waals surface area contributed by atoms with Crippen LogP contribution in [-0.4, -0.2) is 17.4 Å². The molecule has 102 valence electrons. The van der Waals surface area contributed by atoms with Gasteiger partial charge in [-0.3, -0.25) is 9.78 Å². The van der Waals surface area contributed by atoms with Crippen LogP contribution in [0.15, 0.2) is 48.7 Å². The normalized spacial score (nSPS) is 17.3. The standard InChI is InChI=1S/C16H17N3O/c20-16(19-11-13-6-3-4-9-17-13)15-14-7-2-1-5-12(14)8-10-18-15/h1-7,9,15,18H,8,10-11H2,(H,19,20). The molecule has 0 saturated carbocycles. The van der Waals surface area contributed by atoms with Crippen molar-refractivity contribution in [3.8, 4) is 0 Å². The van der Waals surface area contributed by atoms with Crippen molar-refractivity contribution in [2.24, 2.45) is 0 Å². The summed E-state index contributed by atoms with van der Waals surface area (Å²) < 4.78 is 0. The highest BCUT2D eigenvalue weighted by Crippen LogP contribution is 2.22. The molecule has 1 aliphatic heterocycles. The molecule has 1 aromatic carbocycles. The smallest absolute Gasteiger partial charge is 0.242 e. The van der Waals surface area contributed by atoms with Gasteiger partial charge in [0.2, 0.25) is 5.91 Å². The van der Waals surface area contributed by atoms with Crippen LogP contribution in [-0.2, 0) is 17.8 Å². The number of benzene rings is 1. The summed E-state index contributed by atoms with van der Waals surface area (Å²) in [4.78, 5) is 16.5. The fraction of sp³-hybridized carbons (Fsp3) is 0.250. The molecule has 20 heavy (non-hydrogen) atoms. The molecular formula is C16H17N3O. The summed E-state index contributed by atoms with van der Waals surface area (Å²) in [5.74, 6) is 0.00260. The SMILES string of the molecule is O=C(NCc1ccccn1)C1NCCc2ccccc21. The van der Waals surface area contributed by atoms with Crippen LogP contribution in [0.5, 0.6) is 0 Å². The molecule has 0 aliphatic carbocycles. The Bertz CT molecular complexity index is 598. The minimum Gasteiger partial charge on any atom is -0.349 e. The van der Waals surface area contributed by atoms with Gasteiger partial charge in [0.25, 0.3) is 0 Å². The third kappa shape index (κ3) is 2.70. The van der Waals surface area contributed by atoms with Gasteiger partial charge in [-0.25, -0.2) is 0 Å². The Hall–Kier alpha value is -2.20. The molecule has 2 N–H and O–H groups in total. The van der Waals surface area contributed by atoms with Gasteiger partial charge in [-0.1, -0.05) is 30.3 Å². The second kappa shape index (κ2) is 5.84. The number of amides is 1. The van der Waals surface area contributed by atoms with E-state index in [1.165, 1.54) is 5.56 Å². The van der Waals surface area contributed by atoms with Crippen molar-refractivity contribution in [2.75, 3.05) is 6.54 Å². The molecule has 3 rings (SSSR count). The molecule has 2 aromatic rings. The third-order valence-electron chi connectivity index (χ3n) is 3.54. The zero-order valence-corrected chi connectivity index (χ0v) is 11.2. The zero-order valence-electron chi connectivity index (χ0n) is 11.2. The van der Waals surface area contributed by atoms with Crippen LogP contribution in [0, 0.1) is 0 Å². The lowest BCUT2D eigenvalue weighted by Gasteiger charge is -2.25. The molecule has 1 unspecified atom stereocenters. The van der Waals surface area contributed by atoms with E-state index < -0.39 is 0 Å². The predicted molar refractivity (Wildman–Crippen MR) is 77.0 cm³/mol. The van der Waals surface area contributed by atoms with Gasteiger partial charge in [-0.05, 0) is 29.7 Å². The lowest BCUT2D eigenvalue weighted by Crippen LogP contribution is -2.41. The number of fused-ring (bicyclic) bond motifs is 1. The molecule has 1 amide bonds. The molecule has 0 bridgehead atoms.